The van der Waals surface area contributed by atoms with E-state index in [1.54, 1.807) is 0 Å². The fraction of sp³-hybridized carbons (Fsp3) is 0.800. The van der Waals surface area contributed by atoms with Gasteiger partial charge in [0.05, 0.1) is 12.5 Å². The van der Waals surface area contributed by atoms with Gasteiger partial charge in [0.1, 0.15) is 6.04 Å². The van der Waals surface area contributed by atoms with Crippen molar-refractivity contribution in [2.75, 3.05) is 0 Å². The third-order valence-electron chi connectivity index (χ3n) is 1.51. The fourth-order valence-corrected chi connectivity index (χ4v) is 0.861. The minimum absolute atomic E-state index is 0.167. The first kappa shape index (κ1) is 17.3. The molecule has 5 N–H and O–H groups in total. The van der Waals surface area contributed by atoms with Gasteiger partial charge in [-0.3, -0.25) is 9.59 Å². The molecule has 96 valence electrons. The molecule has 6 heteroatoms. The number of carbonyl (C=O) groups is 2. The first-order valence-corrected chi connectivity index (χ1v) is 5.05. The fourth-order valence-electron chi connectivity index (χ4n) is 0.861. The molecule has 0 rings (SSSR count). The Labute approximate surface area is 95.1 Å². The van der Waals surface area contributed by atoms with Gasteiger partial charge in [0, 0.05) is 0 Å². The largest absolute Gasteiger partial charge is 0.481 e. The van der Waals surface area contributed by atoms with Gasteiger partial charge in [-0.05, 0) is 19.3 Å². The van der Waals surface area contributed by atoms with Crippen molar-refractivity contribution < 1.29 is 24.9 Å². The minimum Gasteiger partial charge on any atom is -0.481 e. The van der Waals surface area contributed by atoms with Crippen LogP contribution in [0.15, 0.2) is 0 Å². The zero-order valence-corrected chi connectivity index (χ0v) is 9.88. The van der Waals surface area contributed by atoms with Crippen LogP contribution < -0.4 is 5.73 Å². The molecule has 0 saturated heterocycles. The molecule has 0 aliphatic rings. The molecule has 0 aromatic heterocycles. The van der Waals surface area contributed by atoms with Gasteiger partial charge < -0.3 is 21.1 Å². The number of carboxylic acids is 2. The molecule has 0 fully saturated rings. The summed E-state index contributed by atoms with van der Waals surface area (Å²) in [6.07, 6.45) is -0.340. The number of aliphatic carboxylic acids is 2. The second-order valence-corrected chi connectivity index (χ2v) is 4.02. The predicted molar refractivity (Wildman–Crippen MR) is 59.0 cm³/mol. The van der Waals surface area contributed by atoms with Crippen LogP contribution in [-0.2, 0) is 9.59 Å². The van der Waals surface area contributed by atoms with E-state index < -0.39 is 24.1 Å². The highest BCUT2D eigenvalue weighted by Gasteiger charge is 2.11. The molecule has 2 unspecified atom stereocenters. The van der Waals surface area contributed by atoms with Crippen LogP contribution in [-0.4, -0.2) is 39.4 Å². The van der Waals surface area contributed by atoms with E-state index >= 15 is 0 Å². The van der Waals surface area contributed by atoms with Crippen molar-refractivity contribution in [3.8, 4) is 0 Å². The van der Waals surface area contributed by atoms with Crippen LogP contribution >= 0.6 is 0 Å². The number of aliphatic hydroxyl groups excluding tert-OH is 1. The SMILES string of the molecule is CC(C)CC(N)C(=O)O.CC(O)CC(=O)O. The Kier molecular flexibility index (Phi) is 9.83. The van der Waals surface area contributed by atoms with Crippen molar-refractivity contribution in [3.05, 3.63) is 0 Å². The Morgan fingerprint density at radius 2 is 1.62 bits per heavy atom. The molecule has 0 spiro atoms. The molecular weight excluding hydrogens is 214 g/mol. The second kappa shape index (κ2) is 9.11. The number of hydrogen-bond donors (Lipinski definition) is 4. The van der Waals surface area contributed by atoms with E-state index in [1.807, 2.05) is 13.8 Å². The number of rotatable bonds is 5. The van der Waals surface area contributed by atoms with Crippen LogP contribution in [0, 0.1) is 5.92 Å². The van der Waals surface area contributed by atoms with Gasteiger partial charge in [-0.1, -0.05) is 13.8 Å². The first-order valence-electron chi connectivity index (χ1n) is 5.05. The summed E-state index contributed by atoms with van der Waals surface area (Å²) >= 11 is 0. The molecule has 0 amide bonds. The van der Waals surface area contributed by atoms with Gasteiger partial charge in [-0.15, -0.1) is 0 Å². The van der Waals surface area contributed by atoms with Crippen molar-refractivity contribution in [1.82, 2.24) is 0 Å². The zero-order chi connectivity index (χ0) is 13.3. The average molecular weight is 235 g/mol. The molecule has 0 aliphatic carbocycles. The van der Waals surface area contributed by atoms with E-state index in [4.69, 9.17) is 21.1 Å². The van der Waals surface area contributed by atoms with Crippen molar-refractivity contribution >= 4 is 11.9 Å². The first-order chi connectivity index (χ1) is 7.16. The van der Waals surface area contributed by atoms with Crippen molar-refractivity contribution in [2.24, 2.45) is 11.7 Å². The molecule has 0 radical (unpaired) electrons. The maximum absolute atomic E-state index is 10.1. The highest BCUT2D eigenvalue weighted by Crippen LogP contribution is 2.01. The molecule has 6 nitrogen and oxygen atoms in total. The van der Waals surface area contributed by atoms with Gasteiger partial charge in [0.25, 0.3) is 0 Å². The molecule has 2 atom stereocenters. The second-order valence-electron chi connectivity index (χ2n) is 4.02. The topological polar surface area (TPSA) is 121 Å². The van der Waals surface area contributed by atoms with Crippen LogP contribution in [0.4, 0.5) is 0 Å². The molecule has 0 heterocycles. The standard InChI is InChI=1S/C6H13NO2.C4H8O3/c1-4(2)3-5(7)6(8)9;1-3(5)2-4(6)7/h4-5H,3,7H2,1-2H3,(H,8,9);3,5H,2H2,1H3,(H,6,7). The smallest absolute Gasteiger partial charge is 0.320 e. The lowest BCUT2D eigenvalue weighted by Crippen LogP contribution is -2.31. The van der Waals surface area contributed by atoms with Crippen LogP contribution in [0.25, 0.3) is 0 Å². The maximum atomic E-state index is 10.1. The van der Waals surface area contributed by atoms with Gasteiger partial charge in [-0.2, -0.15) is 0 Å². The summed E-state index contributed by atoms with van der Waals surface area (Å²) in [4.78, 5) is 19.8. The van der Waals surface area contributed by atoms with E-state index in [1.165, 1.54) is 6.92 Å². The lowest BCUT2D eigenvalue weighted by Gasteiger charge is -2.07. The molecule has 0 aliphatic heterocycles. The van der Waals surface area contributed by atoms with Crippen molar-refractivity contribution in [2.45, 2.75) is 45.8 Å². The van der Waals surface area contributed by atoms with Crippen LogP contribution in [0.3, 0.4) is 0 Å². The summed E-state index contributed by atoms with van der Waals surface area (Å²) in [6, 6.07) is -0.690. The summed E-state index contributed by atoms with van der Waals surface area (Å²) in [6.45, 7) is 5.33. The summed E-state index contributed by atoms with van der Waals surface area (Å²) in [5.41, 5.74) is 5.22. The zero-order valence-electron chi connectivity index (χ0n) is 9.88. The molecule has 0 aromatic rings. The van der Waals surface area contributed by atoms with Gasteiger partial charge >= 0.3 is 11.9 Å². The summed E-state index contributed by atoms with van der Waals surface area (Å²) < 4.78 is 0. The Morgan fingerprint density at radius 3 is 1.69 bits per heavy atom. The highest BCUT2D eigenvalue weighted by atomic mass is 16.4. The third-order valence-corrected chi connectivity index (χ3v) is 1.51. The van der Waals surface area contributed by atoms with Crippen molar-refractivity contribution in [1.29, 1.82) is 0 Å². The van der Waals surface area contributed by atoms with Crippen molar-refractivity contribution in [3.63, 3.8) is 0 Å². The van der Waals surface area contributed by atoms with E-state index in [9.17, 15) is 9.59 Å². The molecule has 0 aromatic carbocycles. The summed E-state index contributed by atoms with van der Waals surface area (Å²) in [7, 11) is 0. The third kappa shape index (κ3) is 15.3. The van der Waals surface area contributed by atoms with Crippen LogP contribution in [0.2, 0.25) is 0 Å². The van der Waals surface area contributed by atoms with Crippen LogP contribution in [0.1, 0.15) is 33.6 Å². The number of nitrogens with two attached hydrogens (primary N) is 1. The summed E-state index contributed by atoms with van der Waals surface area (Å²) in [5, 5.41) is 24.6. The molecule has 0 bridgehead atoms. The number of carboxylic acid groups (broad SMARTS) is 2. The number of hydrogen-bond acceptors (Lipinski definition) is 4. The van der Waals surface area contributed by atoms with Gasteiger partial charge in [-0.25, -0.2) is 0 Å². The molecular formula is C10H21NO5. The van der Waals surface area contributed by atoms with E-state index in [0.717, 1.165) is 0 Å². The minimum atomic E-state index is -0.963. The normalized spacial score (nSPS) is 13.6. The van der Waals surface area contributed by atoms with E-state index in [2.05, 4.69) is 0 Å². The Bertz CT molecular complexity index is 215. The van der Waals surface area contributed by atoms with Gasteiger partial charge in [0.2, 0.25) is 0 Å². The maximum Gasteiger partial charge on any atom is 0.320 e. The molecule has 16 heavy (non-hydrogen) atoms. The lowest BCUT2D eigenvalue weighted by atomic mass is 10.1. The number of aliphatic hydroxyl groups is 1. The van der Waals surface area contributed by atoms with Gasteiger partial charge in [0.15, 0.2) is 0 Å². The summed E-state index contributed by atoms with van der Waals surface area (Å²) in [5.74, 6) is -1.52. The Hall–Kier alpha value is -1.14. The Morgan fingerprint density at radius 1 is 1.19 bits per heavy atom. The predicted octanol–water partition coefficient (Wildman–Crippen LogP) is 0.286. The lowest BCUT2D eigenvalue weighted by molar-refractivity contribution is -0.139. The molecule has 0 saturated carbocycles. The van der Waals surface area contributed by atoms with E-state index in [-0.39, 0.29) is 6.42 Å². The highest BCUT2D eigenvalue weighted by molar-refractivity contribution is 5.72. The average Bonchev–Trinajstić information content (AvgIpc) is 2.00. The quantitative estimate of drug-likeness (QED) is 0.543. The van der Waals surface area contributed by atoms with Crippen LogP contribution in [0.5, 0.6) is 0 Å². The monoisotopic (exact) mass is 235 g/mol. The Balaban J connectivity index is 0. The van der Waals surface area contributed by atoms with E-state index in [0.29, 0.717) is 12.3 Å².